The van der Waals surface area contributed by atoms with Gasteiger partial charge in [-0.3, -0.25) is 0 Å². The van der Waals surface area contributed by atoms with Crippen LogP contribution < -0.4 is 9.47 Å². The smallest absolute Gasteiger partial charge is 0.119 e. The normalized spacial score (nSPS) is 9.42. The van der Waals surface area contributed by atoms with Crippen LogP contribution in [0.3, 0.4) is 0 Å². The van der Waals surface area contributed by atoms with Crippen LogP contribution in [-0.4, -0.2) is 0 Å². The zero-order valence-corrected chi connectivity index (χ0v) is 15.2. The summed E-state index contributed by atoms with van der Waals surface area (Å²) in [5.74, 6) is 1.61. The second-order valence-electron chi connectivity index (χ2n) is 5.35. The maximum Gasteiger partial charge on any atom is 0.119 e. The highest BCUT2D eigenvalue weighted by Gasteiger charge is 2.00. The highest BCUT2D eigenvalue weighted by Crippen LogP contribution is 2.16. The fourth-order valence-corrected chi connectivity index (χ4v) is 2.28. The largest absolute Gasteiger partial charge is 0.489 e. The van der Waals surface area contributed by atoms with E-state index in [2.05, 4.69) is 12.1 Å². The average Bonchev–Trinajstić information content (AvgIpc) is 2.74. The minimum absolute atomic E-state index is 0.477. The average molecular weight is 345 g/mol. The zero-order valence-electron chi connectivity index (χ0n) is 15.2. The summed E-state index contributed by atoms with van der Waals surface area (Å²) in [7, 11) is 0. The Morgan fingerprint density at radius 1 is 0.692 bits per heavy atom. The lowest BCUT2D eigenvalue weighted by molar-refractivity contribution is 0.300. The van der Waals surface area contributed by atoms with Gasteiger partial charge in [0.25, 0.3) is 0 Å². The first-order valence-corrected chi connectivity index (χ1v) is 8.72. The first kappa shape index (κ1) is 19.1. The van der Waals surface area contributed by atoms with Crippen LogP contribution in [0.2, 0.25) is 0 Å². The molecule has 3 heteroatoms. The highest BCUT2D eigenvalue weighted by molar-refractivity contribution is 5.34. The molecule has 0 N–H and O–H groups in total. The van der Waals surface area contributed by atoms with Gasteiger partial charge in [0.1, 0.15) is 24.7 Å². The number of rotatable bonds is 6. The van der Waals surface area contributed by atoms with E-state index in [1.54, 1.807) is 24.3 Å². The summed E-state index contributed by atoms with van der Waals surface area (Å²) in [6.45, 7) is 5.00. The van der Waals surface area contributed by atoms with E-state index in [0.717, 1.165) is 22.6 Å². The lowest BCUT2D eigenvalue weighted by atomic mass is 10.1. The van der Waals surface area contributed by atoms with E-state index in [1.165, 1.54) is 0 Å². The molecular weight excluding hydrogens is 322 g/mol. The molecule has 0 fully saturated rings. The molecule has 0 saturated carbocycles. The molecule has 0 spiro atoms. The molecule has 0 aromatic heterocycles. The third-order valence-electron chi connectivity index (χ3n) is 3.53. The molecule has 3 nitrogen and oxygen atoms in total. The van der Waals surface area contributed by atoms with Crippen molar-refractivity contribution in [3.05, 3.63) is 95.6 Å². The van der Waals surface area contributed by atoms with Crippen molar-refractivity contribution in [3.8, 4) is 17.6 Å². The van der Waals surface area contributed by atoms with Crippen molar-refractivity contribution in [1.29, 1.82) is 5.26 Å². The van der Waals surface area contributed by atoms with Crippen molar-refractivity contribution in [3.63, 3.8) is 0 Å². The molecule has 0 aliphatic rings. The van der Waals surface area contributed by atoms with Crippen LogP contribution in [-0.2, 0) is 13.2 Å². The van der Waals surface area contributed by atoms with E-state index in [0.29, 0.717) is 18.8 Å². The second-order valence-corrected chi connectivity index (χ2v) is 5.35. The Balaban J connectivity index is 0.00000117. The fourth-order valence-electron chi connectivity index (χ4n) is 2.28. The van der Waals surface area contributed by atoms with Crippen LogP contribution in [0.25, 0.3) is 0 Å². The van der Waals surface area contributed by atoms with E-state index in [-0.39, 0.29) is 0 Å². The van der Waals surface area contributed by atoms with Crippen molar-refractivity contribution >= 4 is 0 Å². The second kappa shape index (κ2) is 10.6. The third-order valence-corrected chi connectivity index (χ3v) is 3.53. The number of hydrogen-bond acceptors (Lipinski definition) is 3. The van der Waals surface area contributed by atoms with Crippen LogP contribution in [0.4, 0.5) is 0 Å². The monoisotopic (exact) mass is 345 g/mol. The SMILES string of the molecule is CC.N#Cc1ccc(OCc2cccc(COc3ccccc3)c2)cc1. The van der Waals surface area contributed by atoms with E-state index in [9.17, 15) is 0 Å². The van der Waals surface area contributed by atoms with Crippen LogP contribution in [0.15, 0.2) is 78.9 Å². The Morgan fingerprint density at radius 3 is 1.77 bits per heavy atom. The first-order chi connectivity index (χ1) is 12.8. The highest BCUT2D eigenvalue weighted by atomic mass is 16.5. The number of nitriles is 1. The van der Waals surface area contributed by atoms with Crippen molar-refractivity contribution in [1.82, 2.24) is 0 Å². The molecule has 0 atom stereocenters. The van der Waals surface area contributed by atoms with E-state index in [4.69, 9.17) is 14.7 Å². The minimum atomic E-state index is 0.477. The summed E-state index contributed by atoms with van der Waals surface area (Å²) >= 11 is 0. The van der Waals surface area contributed by atoms with Gasteiger partial charge in [-0.1, -0.05) is 50.2 Å². The van der Waals surface area contributed by atoms with Gasteiger partial charge in [-0.15, -0.1) is 0 Å². The van der Waals surface area contributed by atoms with E-state index >= 15 is 0 Å². The minimum Gasteiger partial charge on any atom is -0.489 e. The predicted molar refractivity (Wildman–Crippen MR) is 104 cm³/mol. The van der Waals surface area contributed by atoms with Gasteiger partial charge >= 0.3 is 0 Å². The fraction of sp³-hybridized carbons (Fsp3) is 0.174. The summed E-state index contributed by atoms with van der Waals surface area (Å²) < 4.78 is 11.5. The Labute approximate surface area is 155 Å². The third kappa shape index (κ3) is 5.99. The molecule has 0 aliphatic heterocycles. The molecule has 26 heavy (non-hydrogen) atoms. The number of nitrogens with zero attached hydrogens (tertiary/aromatic N) is 1. The van der Waals surface area contributed by atoms with Crippen LogP contribution in [0.1, 0.15) is 30.5 Å². The molecule has 0 amide bonds. The molecule has 0 saturated heterocycles. The van der Waals surface area contributed by atoms with Gasteiger partial charge in [-0.05, 0) is 53.6 Å². The lowest BCUT2D eigenvalue weighted by Gasteiger charge is -2.09. The maximum atomic E-state index is 8.80. The Morgan fingerprint density at radius 2 is 1.23 bits per heavy atom. The van der Waals surface area contributed by atoms with Gasteiger partial charge in [-0.2, -0.15) is 5.26 Å². The Bertz CT molecular complexity index is 821. The molecule has 0 unspecified atom stereocenters. The quantitative estimate of drug-likeness (QED) is 0.572. The van der Waals surface area contributed by atoms with Gasteiger partial charge in [0, 0.05) is 0 Å². The van der Waals surface area contributed by atoms with Gasteiger partial charge in [0.15, 0.2) is 0 Å². The molecule has 132 valence electrons. The molecule has 0 aliphatic carbocycles. The van der Waals surface area contributed by atoms with Gasteiger partial charge in [0.05, 0.1) is 11.6 Å². The van der Waals surface area contributed by atoms with E-state index in [1.807, 2.05) is 62.4 Å². The van der Waals surface area contributed by atoms with Gasteiger partial charge in [-0.25, -0.2) is 0 Å². The molecule has 0 bridgehead atoms. The molecule has 3 aromatic carbocycles. The number of ether oxygens (including phenoxy) is 2. The molecule has 3 aromatic rings. The zero-order chi connectivity index (χ0) is 18.6. The van der Waals surface area contributed by atoms with Crippen molar-refractivity contribution in [2.45, 2.75) is 27.1 Å². The standard InChI is InChI=1S/C21H17NO2.C2H6/c22-14-17-9-11-21(12-10-17)24-16-19-6-4-5-18(13-19)15-23-20-7-2-1-3-8-20;1-2/h1-13H,15-16H2;1-2H3. The van der Waals surface area contributed by atoms with Crippen LogP contribution >= 0.6 is 0 Å². The molecule has 3 rings (SSSR count). The first-order valence-electron chi connectivity index (χ1n) is 8.72. The Kier molecular flexibility index (Phi) is 7.76. The van der Waals surface area contributed by atoms with Crippen molar-refractivity contribution in [2.75, 3.05) is 0 Å². The summed E-state index contributed by atoms with van der Waals surface area (Å²) in [6, 6.07) is 27.1. The molecular formula is C23H23NO2. The number of para-hydroxylation sites is 1. The Hall–Kier alpha value is -3.25. The van der Waals surface area contributed by atoms with Crippen LogP contribution in [0, 0.1) is 11.3 Å². The van der Waals surface area contributed by atoms with Gasteiger partial charge in [0.2, 0.25) is 0 Å². The summed E-state index contributed by atoms with van der Waals surface area (Å²) in [5.41, 5.74) is 2.80. The number of hydrogen-bond donors (Lipinski definition) is 0. The predicted octanol–water partition coefficient (Wildman–Crippen LogP) is 5.74. The van der Waals surface area contributed by atoms with Crippen molar-refractivity contribution < 1.29 is 9.47 Å². The van der Waals surface area contributed by atoms with Crippen LogP contribution in [0.5, 0.6) is 11.5 Å². The summed E-state index contributed by atoms with van der Waals surface area (Å²) in [5, 5.41) is 8.80. The maximum absolute atomic E-state index is 8.80. The van der Waals surface area contributed by atoms with E-state index < -0.39 is 0 Å². The molecule has 0 heterocycles. The van der Waals surface area contributed by atoms with Crippen molar-refractivity contribution in [2.24, 2.45) is 0 Å². The number of benzene rings is 3. The summed E-state index contributed by atoms with van der Waals surface area (Å²) in [4.78, 5) is 0. The topological polar surface area (TPSA) is 42.2 Å². The molecule has 0 radical (unpaired) electrons. The summed E-state index contributed by atoms with van der Waals surface area (Å²) in [6.07, 6.45) is 0. The lowest BCUT2D eigenvalue weighted by Crippen LogP contribution is -1.99. The van der Waals surface area contributed by atoms with Gasteiger partial charge < -0.3 is 9.47 Å².